The van der Waals surface area contributed by atoms with E-state index in [9.17, 15) is 35.5 Å². The number of benzene rings is 2. The number of halogens is 9. The summed E-state index contributed by atoms with van der Waals surface area (Å²) in [5, 5.41) is 1.91. The molecule has 0 aliphatic rings. The molecule has 13 heteroatoms. The lowest BCUT2D eigenvalue weighted by Gasteiger charge is -2.33. The van der Waals surface area contributed by atoms with E-state index >= 15 is 0 Å². The number of alkyl halides is 7. The van der Waals surface area contributed by atoms with Crippen molar-refractivity contribution >= 4 is 34.8 Å². The van der Waals surface area contributed by atoms with E-state index in [1.54, 1.807) is 24.3 Å². The van der Waals surface area contributed by atoms with Gasteiger partial charge in [0.2, 0.25) is 0 Å². The fourth-order valence-corrected chi connectivity index (χ4v) is 4.12. The minimum atomic E-state index is -6.34. The number of amides is 1. The van der Waals surface area contributed by atoms with Crippen molar-refractivity contribution in [1.29, 1.82) is 0 Å². The molecule has 1 heterocycles. The molecular formula is C25H20Cl2F7N3O. The van der Waals surface area contributed by atoms with Gasteiger partial charge < -0.3 is 10.2 Å². The van der Waals surface area contributed by atoms with Crippen LogP contribution >= 0.6 is 23.2 Å². The van der Waals surface area contributed by atoms with Gasteiger partial charge in [-0.1, -0.05) is 35.3 Å². The number of carbonyl (C=O) groups excluding carboxylic acids is 1. The van der Waals surface area contributed by atoms with Gasteiger partial charge in [0.1, 0.15) is 0 Å². The van der Waals surface area contributed by atoms with Gasteiger partial charge in [-0.05, 0) is 53.9 Å². The van der Waals surface area contributed by atoms with E-state index in [2.05, 4.69) is 10.3 Å². The smallest absolute Gasteiger partial charge is 0.374 e. The van der Waals surface area contributed by atoms with Gasteiger partial charge in [-0.3, -0.25) is 9.78 Å². The van der Waals surface area contributed by atoms with Crippen LogP contribution in [0.5, 0.6) is 0 Å². The van der Waals surface area contributed by atoms with Crippen LogP contribution in [0.2, 0.25) is 10.0 Å². The Bertz CT molecular complexity index is 1250. The van der Waals surface area contributed by atoms with E-state index in [-0.39, 0.29) is 29.9 Å². The summed E-state index contributed by atoms with van der Waals surface area (Å²) < 4.78 is 96.0. The predicted octanol–water partition coefficient (Wildman–Crippen LogP) is 7.29. The summed E-state index contributed by atoms with van der Waals surface area (Å²) in [4.78, 5) is 17.6. The average Bonchev–Trinajstić information content (AvgIpc) is 2.85. The molecule has 1 N–H and O–H groups in total. The number of anilines is 1. The molecule has 0 atom stereocenters. The van der Waals surface area contributed by atoms with Crippen LogP contribution in [-0.4, -0.2) is 36.8 Å². The highest BCUT2D eigenvalue weighted by molar-refractivity contribution is 6.31. The Morgan fingerprint density at radius 2 is 1.61 bits per heavy atom. The van der Waals surface area contributed by atoms with Crippen molar-refractivity contribution in [3.05, 3.63) is 93.2 Å². The van der Waals surface area contributed by atoms with Gasteiger partial charge in [0.05, 0.1) is 5.56 Å². The molecular weight excluding hydrogens is 562 g/mol. The van der Waals surface area contributed by atoms with Crippen molar-refractivity contribution in [2.75, 3.05) is 18.5 Å². The van der Waals surface area contributed by atoms with Crippen LogP contribution in [0.25, 0.3) is 0 Å². The maximum atomic E-state index is 15.0. The molecule has 0 fully saturated rings. The molecule has 1 amide bonds. The lowest BCUT2D eigenvalue weighted by atomic mass is 9.92. The zero-order valence-corrected chi connectivity index (χ0v) is 21.1. The summed E-state index contributed by atoms with van der Waals surface area (Å²) in [5.74, 6) is -0.599. The first-order valence-corrected chi connectivity index (χ1v) is 11.7. The second kappa shape index (κ2) is 11.4. The third kappa shape index (κ3) is 6.32. The van der Waals surface area contributed by atoms with Crippen molar-refractivity contribution in [2.24, 2.45) is 0 Å². The molecule has 0 radical (unpaired) electrons. The summed E-state index contributed by atoms with van der Waals surface area (Å²) in [6, 6.07) is 10.8. The molecule has 0 saturated carbocycles. The zero-order valence-electron chi connectivity index (χ0n) is 19.6. The van der Waals surface area contributed by atoms with Crippen molar-refractivity contribution in [1.82, 2.24) is 10.3 Å². The van der Waals surface area contributed by atoms with Gasteiger partial charge in [-0.15, -0.1) is 0 Å². The maximum Gasteiger partial charge on any atom is 0.436 e. The first-order valence-electron chi connectivity index (χ1n) is 10.9. The Morgan fingerprint density at radius 1 is 0.974 bits per heavy atom. The Morgan fingerprint density at radius 3 is 2.16 bits per heavy atom. The molecule has 38 heavy (non-hydrogen) atoms. The van der Waals surface area contributed by atoms with Crippen LogP contribution in [0.3, 0.4) is 0 Å². The number of likely N-dealkylation sites (N-methyl/N-ethyl adjacent to an activating group) is 1. The first-order chi connectivity index (χ1) is 17.6. The first kappa shape index (κ1) is 29.5. The summed E-state index contributed by atoms with van der Waals surface area (Å²) in [5.41, 5.74) is -6.67. The highest BCUT2D eigenvalue weighted by atomic mass is 35.5. The number of carbonyl (C=O) groups is 1. The van der Waals surface area contributed by atoms with E-state index in [0.717, 1.165) is 11.6 Å². The van der Waals surface area contributed by atoms with Crippen LogP contribution in [0, 0.1) is 0 Å². The summed E-state index contributed by atoms with van der Waals surface area (Å²) in [6.45, 7) is -0.213. The molecule has 204 valence electrons. The van der Waals surface area contributed by atoms with Gasteiger partial charge in [0.15, 0.2) is 0 Å². The van der Waals surface area contributed by atoms with Gasteiger partial charge >= 0.3 is 18.0 Å². The fourth-order valence-electron chi connectivity index (χ4n) is 3.67. The van der Waals surface area contributed by atoms with Gasteiger partial charge in [-0.2, -0.15) is 26.3 Å². The van der Waals surface area contributed by atoms with Crippen molar-refractivity contribution in [3.63, 3.8) is 0 Å². The second-order valence-electron chi connectivity index (χ2n) is 8.34. The van der Waals surface area contributed by atoms with Crippen LogP contribution < -0.4 is 10.2 Å². The van der Waals surface area contributed by atoms with E-state index in [1.165, 1.54) is 36.5 Å². The number of pyridine rings is 1. The maximum absolute atomic E-state index is 15.0. The minimum absolute atomic E-state index is 0.0706. The fraction of sp³-hybridized carbons (Fsp3) is 0.280. The van der Waals surface area contributed by atoms with Crippen molar-refractivity contribution < 1.29 is 35.5 Å². The quantitative estimate of drug-likeness (QED) is 0.284. The normalized spacial score (nSPS) is 12.4. The summed E-state index contributed by atoms with van der Waals surface area (Å²) in [7, 11) is 1.41. The Labute approximate surface area is 223 Å². The van der Waals surface area contributed by atoms with E-state index in [0.29, 0.717) is 17.5 Å². The van der Waals surface area contributed by atoms with E-state index in [4.69, 9.17) is 23.2 Å². The number of aromatic nitrogens is 1. The molecule has 3 rings (SSSR count). The minimum Gasteiger partial charge on any atom is -0.374 e. The molecule has 0 unspecified atom stereocenters. The van der Waals surface area contributed by atoms with E-state index in [1.807, 2.05) is 0 Å². The molecule has 0 aliphatic carbocycles. The molecule has 3 aromatic rings. The van der Waals surface area contributed by atoms with Crippen LogP contribution in [0.1, 0.15) is 27.0 Å². The second-order valence-corrected chi connectivity index (χ2v) is 9.18. The Kier molecular flexibility index (Phi) is 8.82. The summed E-state index contributed by atoms with van der Waals surface area (Å²) in [6.07, 6.45) is -9.65. The SMILES string of the molecule is CN(CCc1ccc(Cl)cc1)c1cc(C(F)(C(F)(F)F)C(F)(F)F)c(Cl)cc1CNC(=O)c1cccnc1. The average molecular weight is 582 g/mol. The van der Waals surface area contributed by atoms with Crippen molar-refractivity contribution in [3.8, 4) is 0 Å². The lowest BCUT2D eigenvalue weighted by molar-refractivity contribution is -0.348. The molecule has 2 aromatic carbocycles. The molecule has 0 saturated heterocycles. The molecule has 0 bridgehead atoms. The van der Waals surface area contributed by atoms with Crippen LogP contribution in [0.4, 0.5) is 36.4 Å². The standard InChI is InChI=1S/C25H20Cl2F7N3O/c1-37(10-8-15-4-6-18(26)7-5-15)21-12-19(23(28,24(29,30)31)25(32,33)34)20(27)11-17(21)14-36-22(38)16-3-2-9-35-13-16/h2-7,9,11-13H,8,10,14H2,1H3,(H,36,38). The molecule has 0 spiro atoms. The number of hydrogen-bond donors (Lipinski definition) is 1. The number of nitrogens with zero attached hydrogens (tertiary/aromatic N) is 2. The van der Waals surface area contributed by atoms with Crippen LogP contribution in [-0.2, 0) is 18.6 Å². The lowest BCUT2D eigenvalue weighted by Crippen LogP contribution is -2.50. The third-order valence-electron chi connectivity index (χ3n) is 5.74. The highest BCUT2D eigenvalue weighted by Crippen LogP contribution is 2.55. The molecule has 0 aliphatic heterocycles. The van der Waals surface area contributed by atoms with Gasteiger partial charge in [-0.25, -0.2) is 4.39 Å². The number of hydrogen-bond acceptors (Lipinski definition) is 3. The van der Waals surface area contributed by atoms with Gasteiger partial charge in [0.25, 0.3) is 5.91 Å². The van der Waals surface area contributed by atoms with Crippen LogP contribution in [0.15, 0.2) is 60.9 Å². The number of rotatable bonds is 8. The zero-order chi connectivity index (χ0) is 28.3. The predicted molar refractivity (Wildman–Crippen MR) is 130 cm³/mol. The van der Waals surface area contributed by atoms with E-state index < -0.39 is 34.5 Å². The van der Waals surface area contributed by atoms with Crippen molar-refractivity contribution in [2.45, 2.75) is 31.0 Å². The third-order valence-corrected chi connectivity index (χ3v) is 6.31. The largest absolute Gasteiger partial charge is 0.436 e. The Hall–Kier alpha value is -3.05. The Balaban J connectivity index is 2.02. The monoisotopic (exact) mass is 581 g/mol. The molecule has 4 nitrogen and oxygen atoms in total. The highest BCUT2D eigenvalue weighted by Gasteiger charge is 2.74. The topological polar surface area (TPSA) is 45.2 Å². The molecule has 1 aromatic heterocycles. The summed E-state index contributed by atoms with van der Waals surface area (Å²) >= 11 is 11.7. The van der Waals surface area contributed by atoms with Gasteiger partial charge in [0, 0.05) is 53.8 Å². The number of nitrogens with one attached hydrogen (secondary N) is 1.